The van der Waals surface area contributed by atoms with E-state index < -0.39 is 6.09 Å². The molecule has 1 aliphatic rings. The van der Waals surface area contributed by atoms with Crippen LogP contribution in [0, 0.1) is 6.92 Å². The number of ether oxygens (including phenoxy) is 1. The predicted molar refractivity (Wildman–Crippen MR) is 139 cm³/mol. The van der Waals surface area contributed by atoms with E-state index in [-0.39, 0.29) is 31.2 Å². The number of fused-ring (bicyclic) bond motifs is 1. The molecule has 0 saturated heterocycles. The Bertz CT molecular complexity index is 1310. The molecule has 2 aromatic carbocycles. The highest BCUT2D eigenvalue weighted by atomic mass is 16.6. The summed E-state index contributed by atoms with van der Waals surface area (Å²) in [5.41, 5.74) is 4.46. The minimum absolute atomic E-state index is 0.171. The third kappa shape index (κ3) is 5.48. The van der Waals surface area contributed by atoms with Gasteiger partial charge in [0.2, 0.25) is 5.91 Å². The van der Waals surface area contributed by atoms with E-state index in [0.29, 0.717) is 41.7 Å². The highest BCUT2D eigenvalue weighted by molar-refractivity contribution is 5.90. The summed E-state index contributed by atoms with van der Waals surface area (Å²) in [6, 6.07) is 15.3. The van der Waals surface area contributed by atoms with Gasteiger partial charge < -0.3 is 15.0 Å². The molecular weight excluding hydrogens is 456 g/mol. The summed E-state index contributed by atoms with van der Waals surface area (Å²) in [6.45, 7) is 8.62. The van der Waals surface area contributed by atoms with Crippen LogP contribution in [0.5, 0.6) is 0 Å². The van der Waals surface area contributed by atoms with Crippen molar-refractivity contribution >= 4 is 17.7 Å². The van der Waals surface area contributed by atoms with E-state index in [1.807, 2.05) is 55.5 Å². The third-order valence-corrected chi connectivity index (χ3v) is 6.32. The Balaban J connectivity index is 1.67. The van der Waals surface area contributed by atoms with Crippen molar-refractivity contribution in [3.8, 4) is 11.4 Å². The van der Waals surface area contributed by atoms with E-state index in [4.69, 9.17) is 9.72 Å². The zero-order valence-electron chi connectivity index (χ0n) is 21.2. The average Bonchev–Trinajstić information content (AvgIpc) is 2.86. The van der Waals surface area contributed by atoms with Gasteiger partial charge in [-0.25, -0.2) is 9.78 Å². The lowest BCUT2D eigenvalue weighted by atomic mass is 10.0. The number of hydrogen-bond acceptors (Lipinski definition) is 5. The Labute approximate surface area is 210 Å². The van der Waals surface area contributed by atoms with Crippen LogP contribution in [0.15, 0.2) is 53.3 Å². The van der Waals surface area contributed by atoms with Gasteiger partial charge in [0, 0.05) is 23.4 Å². The second kappa shape index (κ2) is 10.8. The number of nitrogens with zero attached hydrogens (tertiary/aromatic N) is 3. The predicted octanol–water partition coefficient (Wildman–Crippen LogP) is 4.50. The maximum Gasteiger partial charge on any atom is 0.410 e. The Kier molecular flexibility index (Phi) is 7.52. The molecule has 0 fully saturated rings. The molecule has 3 aromatic rings. The van der Waals surface area contributed by atoms with Gasteiger partial charge in [-0.2, -0.15) is 0 Å². The lowest BCUT2D eigenvalue weighted by Crippen LogP contribution is -2.42. The molecule has 36 heavy (non-hydrogen) atoms. The van der Waals surface area contributed by atoms with Crippen LogP contribution in [-0.2, 0) is 29.0 Å². The Hall–Kier alpha value is -3.94. The minimum atomic E-state index is -0.422. The van der Waals surface area contributed by atoms with E-state index >= 15 is 0 Å². The molecule has 0 aliphatic carbocycles. The molecule has 1 aromatic heterocycles. The lowest BCUT2D eigenvalue weighted by molar-refractivity contribution is -0.116. The zero-order chi connectivity index (χ0) is 25.8. The standard InChI is InChI=1S/C28H32N4O4/c1-5-36-28(35)31-15-14-23-24(16-31)30-26(21-8-6-19(4)7-9-21)32(27(23)34)17-25(33)29-22-12-10-20(11-13-22)18(2)3/h6-13,18H,5,14-17H2,1-4H3,(H,29,33). The van der Waals surface area contributed by atoms with Crippen molar-refractivity contribution < 1.29 is 14.3 Å². The van der Waals surface area contributed by atoms with Crippen LogP contribution in [0.1, 0.15) is 49.1 Å². The molecular formula is C28H32N4O4. The third-order valence-electron chi connectivity index (χ3n) is 6.32. The van der Waals surface area contributed by atoms with Gasteiger partial charge in [0.25, 0.3) is 5.56 Å². The van der Waals surface area contributed by atoms with Crippen LogP contribution in [-0.4, -0.2) is 39.6 Å². The first-order valence-electron chi connectivity index (χ1n) is 12.3. The minimum Gasteiger partial charge on any atom is -0.450 e. The van der Waals surface area contributed by atoms with Gasteiger partial charge in [-0.3, -0.25) is 14.2 Å². The van der Waals surface area contributed by atoms with Gasteiger partial charge in [-0.15, -0.1) is 0 Å². The fourth-order valence-electron chi connectivity index (χ4n) is 4.26. The van der Waals surface area contributed by atoms with E-state index in [1.54, 1.807) is 11.8 Å². The van der Waals surface area contributed by atoms with Crippen molar-refractivity contribution in [1.82, 2.24) is 14.5 Å². The van der Waals surface area contributed by atoms with Gasteiger partial charge in [0.15, 0.2) is 0 Å². The van der Waals surface area contributed by atoms with Crippen molar-refractivity contribution in [2.45, 2.75) is 53.1 Å². The maximum atomic E-state index is 13.6. The summed E-state index contributed by atoms with van der Waals surface area (Å²) >= 11 is 0. The molecule has 0 spiro atoms. The first-order chi connectivity index (χ1) is 17.3. The number of benzene rings is 2. The number of carbonyl (C=O) groups excluding carboxylic acids is 2. The number of hydrogen-bond donors (Lipinski definition) is 1. The van der Waals surface area contributed by atoms with Gasteiger partial charge in [-0.1, -0.05) is 55.8 Å². The Morgan fingerprint density at radius 1 is 1.08 bits per heavy atom. The number of carbonyl (C=O) groups is 2. The van der Waals surface area contributed by atoms with Crippen LogP contribution in [0.25, 0.3) is 11.4 Å². The highest BCUT2D eigenvalue weighted by Crippen LogP contribution is 2.22. The van der Waals surface area contributed by atoms with Gasteiger partial charge in [-0.05, 0) is 43.9 Å². The lowest BCUT2D eigenvalue weighted by Gasteiger charge is -2.28. The maximum absolute atomic E-state index is 13.6. The van der Waals surface area contributed by atoms with Crippen molar-refractivity contribution in [1.29, 1.82) is 0 Å². The first kappa shape index (κ1) is 25.2. The van der Waals surface area contributed by atoms with Gasteiger partial charge >= 0.3 is 6.09 Å². The van der Waals surface area contributed by atoms with E-state index in [1.165, 1.54) is 10.1 Å². The number of rotatable bonds is 6. The number of aromatic nitrogens is 2. The monoisotopic (exact) mass is 488 g/mol. The summed E-state index contributed by atoms with van der Waals surface area (Å²) in [4.78, 5) is 45.2. The van der Waals surface area contributed by atoms with Crippen LogP contribution < -0.4 is 10.9 Å². The summed E-state index contributed by atoms with van der Waals surface area (Å²) < 4.78 is 6.56. The van der Waals surface area contributed by atoms with E-state index in [0.717, 1.165) is 11.1 Å². The van der Waals surface area contributed by atoms with E-state index in [9.17, 15) is 14.4 Å². The molecule has 4 rings (SSSR count). The zero-order valence-corrected chi connectivity index (χ0v) is 21.2. The summed E-state index contributed by atoms with van der Waals surface area (Å²) in [7, 11) is 0. The van der Waals surface area contributed by atoms with Crippen LogP contribution >= 0.6 is 0 Å². The van der Waals surface area contributed by atoms with Crippen molar-refractivity contribution in [2.24, 2.45) is 0 Å². The van der Waals surface area contributed by atoms with Crippen LogP contribution in [0.4, 0.5) is 10.5 Å². The largest absolute Gasteiger partial charge is 0.450 e. The van der Waals surface area contributed by atoms with Crippen LogP contribution in [0.3, 0.4) is 0 Å². The van der Waals surface area contributed by atoms with Gasteiger partial charge in [0.05, 0.1) is 18.8 Å². The molecule has 1 aliphatic heterocycles. The van der Waals surface area contributed by atoms with Crippen LogP contribution in [0.2, 0.25) is 0 Å². The van der Waals surface area contributed by atoms with Crippen molar-refractivity contribution in [2.75, 3.05) is 18.5 Å². The second-order valence-electron chi connectivity index (χ2n) is 9.31. The second-order valence-corrected chi connectivity index (χ2v) is 9.31. The molecule has 8 nitrogen and oxygen atoms in total. The number of aryl methyl sites for hydroxylation is 1. The fraction of sp³-hybridized carbons (Fsp3) is 0.357. The number of anilines is 1. The summed E-state index contributed by atoms with van der Waals surface area (Å²) in [5.74, 6) is 0.481. The van der Waals surface area contributed by atoms with Crippen molar-refractivity contribution in [3.05, 3.63) is 81.3 Å². The summed E-state index contributed by atoms with van der Waals surface area (Å²) in [6.07, 6.45) is -0.0687. The molecule has 188 valence electrons. The van der Waals surface area contributed by atoms with Crippen molar-refractivity contribution in [3.63, 3.8) is 0 Å². The number of nitrogens with one attached hydrogen (secondary N) is 1. The molecule has 0 bridgehead atoms. The van der Waals surface area contributed by atoms with Gasteiger partial charge in [0.1, 0.15) is 12.4 Å². The molecule has 0 unspecified atom stereocenters. The molecule has 2 amide bonds. The smallest absolute Gasteiger partial charge is 0.410 e. The Morgan fingerprint density at radius 3 is 2.42 bits per heavy atom. The molecule has 0 radical (unpaired) electrons. The highest BCUT2D eigenvalue weighted by Gasteiger charge is 2.27. The fourth-order valence-corrected chi connectivity index (χ4v) is 4.26. The quantitative estimate of drug-likeness (QED) is 0.552. The average molecular weight is 489 g/mol. The molecule has 8 heteroatoms. The SMILES string of the molecule is CCOC(=O)N1CCc2c(nc(-c3ccc(C)cc3)n(CC(=O)Nc3ccc(C(C)C)cc3)c2=O)C1. The first-order valence-corrected chi connectivity index (χ1v) is 12.3. The summed E-state index contributed by atoms with van der Waals surface area (Å²) in [5, 5.41) is 2.89. The molecule has 0 atom stereocenters. The normalized spacial score (nSPS) is 12.9. The molecule has 1 N–H and O–H groups in total. The van der Waals surface area contributed by atoms with E-state index in [2.05, 4.69) is 19.2 Å². The topological polar surface area (TPSA) is 93.5 Å². The molecule has 2 heterocycles. The molecule has 0 saturated carbocycles. The Morgan fingerprint density at radius 2 is 1.78 bits per heavy atom. The number of amides is 2.